The van der Waals surface area contributed by atoms with Crippen molar-refractivity contribution >= 4 is 11.8 Å². The van der Waals surface area contributed by atoms with Crippen LogP contribution in [-0.4, -0.2) is 6.26 Å². The van der Waals surface area contributed by atoms with E-state index in [1.807, 2.05) is 11.8 Å². The fraction of sp³-hybridized carbons (Fsp3) is 0.500. The molecule has 0 bridgehead atoms. The van der Waals surface area contributed by atoms with Gasteiger partial charge in [0.25, 0.3) is 0 Å². The SMILES string of the molecule is CCCCCc1cccc(SC)c1. The van der Waals surface area contributed by atoms with Gasteiger partial charge >= 0.3 is 0 Å². The molecule has 1 heteroatoms. The second kappa shape index (κ2) is 6.09. The highest BCUT2D eigenvalue weighted by Crippen LogP contribution is 2.17. The molecule has 0 aliphatic rings. The maximum absolute atomic E-state index is 2.31. The van der Waals surface area contributed by atoms with E-state index in [9.17, 15) is 0 Å². The normalized spacial score (nSPS) is 10.3. The minimum absolute atomic E-state index is 1.24. The molecule has 0 aromatic heterocycles. The predicted octanol–water partition coefficient (Wildman–Crippen LogP) is 4.14. The Hall–Kier alpha value is -0.430. The predicted molar refractivity (Wildman–Crippen MR) is 61.5 cm³/mol. The van der Waals surface area contributed by atoms with Crippen molar-refractivity contribution < 1.29 is 0 Å². The monoisotopic (exact) mass is 194 g/mol. The number of unbranched alkanes of at least 4 members (excludes halogenated alkanes) is 2. The Balaban J connectivity index is 2.46. The van der Waals surface area contributed by atoms with Gasteiger partial charge in [0.15, 0.2) is 0 Å². The summed E-state index contributed by atoms with van der Waals surface area (Å²) < 4.78 is 0. The maximum Gasteiger partial charge on any atom is 0.00718 e. The minimum atomic E-state index is 1.24. The average Bonchev–Trinajstić information content (AvgIpc) is 2.19. The standard InChI is InChI=1S/C12H18S/c1-3-4-5-7-11-8-6-9-12(10-11)13-2/h6,8-10H,3-5,7H2,1-2H3. The van der Waals surface area contributed by atoms with Gasteiger partial charge in [0.2, 0.25) is 0 Å². The molecule has 0 radical (unpaired) electrons. The summed E-state index contributed by atoms with van der Waals surface area (Å²) in [7, 11) is 0. The molecule has 0 nitrogen and oxygen atoms in total. The van der Waals surface area contributed by atoms with Crippen LogP contribution in [0.1, 0.15) is 31.7 Å². The van der Waals surface area contributed by atoms with Crippen molar-refractivity contribution in [3.8, 4) is 0 Å². The summed E-state index contributed by atoms with van der Waals surface area (Å²) in [6.45, 7) is 2.25. The van der Waals surface area contributed by atoms with Crippen LogP contribution in [0.15, 0.2) is 29.2 Å². The fourth-order valence-electron chi connectivity index (χ4n) is 1.41. The van der Waals surface area contributed by atoms with Crippen molar-refractivity contribution in [2.75, 3.05) is 6.26 Å². The number of thioether (sulfide) groups is 1. The number of rotatable bonds is 5. The topological polar surface area (TPSA) is 0 Å². The van der Waals surface area contributed by atoms with Gasteiger partial charge in [0.1, 0.15) is 0 Å². The fourth-order valence-corrected chi connectivity index (χ4v) is 1.89. The van der Waals surface area contributed by atoms with E-state index in [1.165, 1.54) is 36.1 Å². The lowest BCUT2D eigenvalue weighted by molar-refractivity contribution is 0.716. The summed E-state index contributed by atoms with van der Waals surface area (Å²) >= 11 is 1.82. The van der Waals surface area contributed by atoms with Crippen LogP contribution in [0.25, 0.3) is 0 Å². The summed E-state index contributed by atoms with van der Waals surface area (Å²) in [5.41, 5.74) is 1.49. The Morgan fingerprint density at radius 1 is 1.23 bits per heavy atom. The lowest BCUT2D eigenvalue weighted by Gasteiger charge is -2.02. The van der Waals surface area contributed by atoms with Crippen LogP contribution in [0.2, 0.25) is 0 Å². The Kier molecular flexibility index (Phi) is 4.99. The van der Waals surface area contributed by atoms with E-state index < -0.39 is 0 Å². The number of benzene rings is 1. The molecule has 1 rings (SSSR count). The van der Waals surface area contributed by atoms with Crippen molar-refractivity contribution in [2.45, 2.75) is 37.5 Å². The molecule has 1 aromatic carbocycles. The zero-order valence-corrected chi connectivity index (χ0v) is 9.36. The summed E-state index contributed by atoms with van der Waals surface area (Å²) in [6, 6.07) is 8.87. The molecule has 1 aromatic rings. The van der Waals surface area contributed by atoms with Crippen molar-refractivity contribution in [1.82, 2.24) is 0 Å². The van der Waals surface area contributed by atoms with Gasteiger partial charge in [0, 0.05) is 4.90 Å². The molecule has 0 heterocycles. The van der Waals surface area contributed by atoms with Crippen LogP contribution >= 0.6 is 11.8 Å². The highest BCUT2D eigenvalue weighted by atomic mass is 32.2. The Morgan fingerprint density at radius 2 is 2.08 bits per heavy atom. The van der Waals surface area contributed by atoms with Gasteiger partial charge in [-0.25, -0.2) is 0 Å². The largest absolute Gasteiger partial charge is 0.130 e. The molecule has 0 aliphatic heterocycles. The molecule has 0 saturated heterocycles. The van der Waals surface area contributed by atoms with Crippen LogP contribution in [0.3, 0.4) is 0 Å². The van der Waals surface area contributed by atoms with E-state index in [4.69, 9.17) is 0 Å². The van der Waals surface area contributed by atoms with Gasteiger partial charge in [-0.1, -0.05) is 31.9 Å². The molecule has 0 atom stereocenters. The van der Waals surface area contributed by atoms with E-state index in [0.29, 0.717) is 0 Å². The average molecular weight is 194 g/mol. The first-order chi connectivity index (χ1) is 6.36. The van der Waals surface area contributed by atoms with Gasteiger partial charge < -0.3 is 0 Å². The van der Waals surface area contributed by atoms with Gasteiger partial charge in [-0.3, -0.25) is 0 Å². The van der Waals surface area contributed by atoms with Crippen LogP contribution in [0.4, 0.5) is 0 Å². The first kappa shape index (κ1) is 10.6. The van der Waals surface area contributed by atoms with Crippen LogP contribution in [0.5, 0.6) is 0 Å². The van der Waals surface area contributed by atoms with Gasteiger partial charge in [-0.2, -0.15) is 0 Å². The zero-order valence-electron chi connectivity index (χ0n) is 8.55. The second-order valence-electron chi connectivity index (χ2n) is 3.31. The number of hydrogen-bond donors (Lipinski definition) is 0. The van der Waals surface area contributed by atoms with E-state index in [1.54, 1.807) is 0 Å². The molecule has 0 fully saturated rings. The third-order valence-corrected chi connectivity index (χ3v) is 2.93. The van der Waals surface area contributed by atoms with E-state index >= 15 is 0 Å². The van der Waals surface area contributed by atoms with Crippen LogP contribution in [-0.2, 0) is 6.42 Å². The number of aryl methyl sites for hydroxylation is 1. The molecule has 13 heavy (non-hydrogen) atoms. The summed E-state index contributed by atoms with van der Waals surface area (Å²) in [5.74, 6) is 0. The molecule has 0 amide bonds. The molecular formula is C12H18S. The van der Waals surface area contributed by atoms with Gasteiger partial charge in [0.05, 0.1) is 0 Å². The second-order valence-corrected chi connectivity index (χ2v) is 4.19. The Bertz CT molecular complexity index is 243. The van der Waals surface area contributed by atoms with Gasteiger partial charge in [-0.15, -0.1) is 11.8 Å². The first-order valence-corrected chi connectivity index (χ1v) is 6.22. The highest BCUT2D eigenvalue weighted by molar-refractivity contribution is 7.98. The van der Waals surface area contributed by atoms with Crippen molar-refractivity contribution in [1.29, 1.82) is 0 Å². The molecule has 72 valence electrons. The molecule has 0 unspecified atom stereocenters. The Labute approximate surface area is 85.7 Å². The zero-order chi connectivity index (χ0) is 9.52. The van der Waals surface area contributed by atoms with Crippen molar-refractivity contribution in [3.05, 3.63) is 29.8 Å². The van der Waals surface area contributed by atoms with Gasteiger partial charge in [-0.05, 0) is 36.8 Å². The summed E-state index contributed by atoms with van der Waals surface area (Å²) in [5, 5.41) is 0. The lowest BCUT2D eigenvalue weighted by Crippen LogP contribution is -1.85. The van der Waals surface area contributed by atoms with E-state index in [0.717, 1.165) is 0 Å². The summed E-state index contributed by atoms with van der Waals surface area (Å²) in [4.78, 5) is 1.38. The third-order valence-electron chi connectivity index (χ3n) is 2.20. The van der Waals surface area contributed by atoms with Crippen LogP contribution in [0, 0.1) is 0 Å². The summed E-state index contributed by atoms with van der Waals surface area (Å²) in [6.07, 6.45) is 7.35. The maximum atomic E-state index is 2.31. The Morgan fingerprint density at radius 3 is 2.77 bits per heavy atom. The smallest absolute Gasteiger partial charge is 0.00718 e. The van der Waals surface area contributed by atoms with E-state index in [2.05, 4.69) is 37.4 Å². The third kappa shape index (κ3) is 3.86. The quantitative estimate of drug-likeness (QED) is 0.501. The number of hydrogen-bond acceptors (Lipinski definition) is 1. The van der Waals surface area contributed by atoms with E-state index in [-0.39, 0.29) is 0 Å². The van der Waals surface area contributed by atoms with Crippen LogP contribution < -0.4 is 0 Å². The molecule has 0 aliphatic carbocycles. The highest BCUT2D eigenvalue weighted by Gasteiger charge is 1.94. The first-order valence-electron chi connectivity index (χ1n) is 4.99. The molecule has 0 spiro atoms. The lowest BCUT2D eigenvalue weighted by atomic mass is 10.1. The molecule has 0 N–H and O–H groups in total. The minimum Gasteiger partial charge on any atom is -0.130 e. The van der Waals surface area contributed by atoms with Crippen molar-refractivity contribution in [2.24, 2.45) is 0 Å². The molecular weight excluding hydrogens is 176 g/mol. The molecule has 0 saturated carbocycles. The van der Waals surface area contributed by atoms with Crippen molar-refractivity contribution in [3.63, 3.8) is 0 Å².